The number of ether oxygens (including phenoxy) is 1. The molecule has 1 atom stereocenters. The van der Waals surface area contributed by atoms with E-state index in [4.69, 9.17) is 0 Å². The average molecular weight is 303 g/mol. The number of thioether (sulfide) groups is 1. The Morgan fingerprint density at radius 1 is 1.25 bits per heavy atom. The number of benzene rings is 1. The predicted octanol–water partition coefficient (Wildman–Crippen LogP) is 4.47. The van der Waals surface area contributed by atoms with Crippen molar-refractivity contribution in [1.29, 1.82) is 0 Å². The highest BCUT2D eigenvalue weighted by molar-refractivity contribution is 7.98. The van der Waals surface area contributed by atoms with E-state index in [0.717, 1.165) is 18.5 Å². The predicted molar refractivity (Wildman–Crippen MR) is 81.7 cm³/mol. The van der Waals surface area contributed by atoms with E-state index in [0.29, 0.717) is 0 Å². The molecule has 20 heavy (non-hydrogen) atoms. The van der Waals surface area contributed by atoms with Crippen molar-refractivity contribution in [1.82, 2.24) is 5.32 Å². The molecule has 0 amide bonds. The van der Waals surface area contributed by atoms with Crippen molar-refractivity contribution in [3.8, 4) is 5.75 Å². The van der Waals surface area contributed by atoms with E-state index in [1.54, 1.807) is 18.2 Å². The van der Waals surface area contributed by atoms with E-state index in [2.05, 4.69) is 16.3 Å². The first-order valence-corrected chi connectivity index (χ1v) is 8.30. The van der Waals surface area contributed by atoms with Crippen LogP contribution in [0.2, 0.25) is 0 Å². The first-order chi connectivity index (χ1) is 9.63. The number of nitrogens with one attached hydrogen (secondary N) is 1. The third-order valence-electron chi connectivity index (χ3n) is 3.06. The lowest BCUT2D eigenvalue weighted by atomic mass is 10.1. The van der Waals surface area contributed by atoms with Crippen molar-refractivity contribution in [3.63, 3.8) is 0 Å². The maximum absolute atomic E-state index is 12.2. The number of alkyl halides is 2. The molecule has 0 heterocycles. The van der Waals surface area contributed by atoms with Crippen LogP contribution in [-0.2, 0) is 0 Å². The fourth-order valence-corrected chi connectivity index (χ4v) is 2.44. The second-order valence-corrected chi connectivity index (χ2v) is 5.67. The van der Waals surface area contributed by atoms with Crippen LogP contribution in [0.4, 0.5) is 8.78 Å². The lowest BCUT2D eigenvalue weighted by Gasteiger charge is -2.15. The minimum Gasteiger partial charge on any atom is -0.435 e. The van der Waals surface area contributed by atoms with Gasteiger partial charge in [-0.1, -0.05) is 18.6 Å². The van der Waals surface area contributed by atoms with Gasteiger partial charge in [-0.15, -0.1) is 0 Å². The van der Waals surface area contributed by atoms with Crippen LogP contribution in [0.5, 0.6) is 5.75 Å². The second-order valence-electron chi connectivity index (χ2n) is 4.68. The first kappa shape index (κ1) is 17.2. The summed E-state index contributed by atoms with van der Waals surface area (Å²) in [5.41, 5.74) is 0.965. The van der Waals surface area contributed by atoms with Crippen LogP contribution in [-0.4, -0.2) is 25.2 Å². The number of unbranched alkanes of at least 4 members (excludes halogenated alkanes) is 2. The van der Waals surface area contributed by atoms with E-state index in [-0.39, 0.29) is 11.8 Å². The van der Waals surface area contributed by atoms with Gasteiger partial charge in [0.25, 0.3) is 0 Å². The Labute approximate surface area is 124 Å². The SMILES string of the molecule is CSCCCCCNC(C)c1cccc(OC(F)F)c1. The fraction of sp³-hybridized carbons (Fsp3) is 0.600. The molecular formula is C15H23F2NOS. The topological polar surface area (TPSA) is 21.3 Å². The molecule has 0 aliphatic heterocycles. The molecule has 0 spiro atoms. The molecule has 1 N–H and O–H groups in total. The Morgan fingerprint density at radius 2 is 2.05 bits per heavy atom. The van der Waals surface area contributed by atoms with Crippen LogP contribution in [0, 0.1) is 0 Å². The summed E-state index contributed by atoms with van der Waals surface area (Å²) in [5.74, 6) is 1.42. The molecule has 0 aromatic heterocycles. The van der Waals surface area contributed by atoms with Crippen molar-refractivity contribution in [2.75, 3.05) is 18.6 Å². The Balaban J connectivity index is 2.33. The minimum atomic E-state index is -2.77. The highest BCUT2D eigenvalue weighted by atomic mass is 32.2. The molecule has 0 radical (unpaired) electrons. The molecule has 1 rings (SSSR count). The van der Waals surface area contributed by atoms with E-state index < -0.39 is 6.61 Å². The van der Waals surface area contributed by atoms with Crippen LogP contribution in [0.3, 0.4) is 0 Å². The van der Waals surface area contributed by atoms with Crippen molar-refractivity contribution in [3.05, 3.63) is 29.8 Å². The van der Waals surface area contributed by atoms with Gasteiger partial charge in [-0.2, -0.15) is 20.5 Å². The summed E-state index contributed by atoms with van der Waals surface area (Å²) in [6.07, 6.45) is 5.72. The molecule has 0 aliphatic rings. The van der Waals surface area contributed by atoms with Crippen molar-refractivity contribution >= 4 is 11.8 Å². The second kappa shape index (κ2) is 10.00. The molecule has 1 unspecified atom stereocenters. The summed E-state index contributed by atoms with van der Waals surface area (Å²) in [5, 5.41) is 3.41. The van der Waals surface area contributed by atoms with Gasteiger partial charge in [0.15, 0.2) is 0 Å². The van der Waals surface area contributed by atoms with E-state index in [1.807, 2.05) is 24.8 Å². The average Bonchev–Trinajstić information content (AvgIpc) is 2.42. The zero-order valence-electron chi connectivity index (χ0n) is 12.1. The number of halogens is 2. The molecule has 1 aromatic carbocycles. The lowest BCUT2D eigenvalue weighted by molar-refractivity contribution is -0.0499. The molecule has 0 aliphatic carbocycles. The number of hydrogen-bond donors (Lipinski definition) is 1. The van der Waals surface area contributed by atoms with Crippen LogP contribution < -0.4 is 10.1 Å². The molecule has 5 heteroatoms. The molecule has 114 valence electrons. The van der Waals surface area contributed by atoms with Crippen LogP contribution >= 0.6 is 11.8 Å². The van der Waals surface area contributed by atoms with Crippen molar-refractivity contribution < 1.29 is 13.5 Å². The molecule has 1 aromatic rings. The largest absolute Gasteiger partial charge is 0.435 e. The summed E-state index contributed by atoms with van der Waals surface area (Å²) in [6.45, 7) is 0.198. The lowest BCUT2D eigenvalue weighted by Crippen LogP contribution is -2.20. The maximum Gasteiger partial charge on any atom is 0.387 e. The van der Waals surface area contributed by atoms with Gasteiger partial charge in [0, 0.05) is 6.04 Å². The molecule has 2 nitrogen and oxygen atoms in total. The first-order valence-electron chi connectivity index (χ1n) is 6.90. The molecule has 0 bridgehead atoms. The summed E-state index contributed by atoms with van der Waals surface area (Å²) in [7, 11) is 0. The van der Waals surface area contributed by atoms with Gasteiger partial charge in [0.1, 0.15) is 5.75 Å². The standard InChI is InChI=1S/C15H23F2NOS/c1-12(18-9-4-3-5-10-20-2)13-7-6-8-14(11-13)19-15(16)17/h6-8,11-12,15,18H,3-5,9-10H2,1-2H3. The zero-order chi connectivity index (χ0) is 14.8. The van der Waals surface area contributed by atoms with Crippen molar-refractivity contribution in [2.24, 2.45) is 0 Å². The van der Waals surface area contributed by atoms with E-state index >= 15 is 0 Å². The Morgan fingerprint density at radius 3 is 2.75 bits per heavy atom. The zero-order valence-corrected chi connectivity index (χ0v) is 12.9. The Kier molecular flexibility index (Phi) is 8.62. The molecule has 0 saturated carbocycles. The molecule has 0 fully saturated rings. The highest BCUT2D eigenvalue weighted by Crippen LogP contribution is 2.20. The molecule has 0 saturated heterocycles. The van der Waals surface area contributed by atoms with Gasteiger partial charge in [-0.25, -0.2) is 0 Å². The third-order valence-corrected chi connectivity index (χ3v) is 3.76. The normalized spacial score (nSPS) is 12.7. The Hall–Kier alpha value is -0.810. The maximum atomic E-state index is 12.2. The summed E-state index contributed by atoms with van der Waals surface area (Å²) < 4.78 is 28.7. The van der Waals surface area contributed by atoms with E-state index in [1.165, 1.54) is 18.6 Å². The van der Waals surface area contributed by atoms with Crippen LogP contribution in [0.15, 0.2) is 24.3 Å². The van der Waals surface area contributed by atoms with Gasteiger partial charge >= 0.3 is 6.61 Å². The van der Waals surface area contributed by atoms with Crippen molar-refractivity contribution in [2.45, 2.75) is 38.8 Å². The monoisotopic (exact) mass is 303 g/mol. The number of hydrogen-bond acceptors (Lipinski definition) is 3. The fourth-order valence-electron chi connectivity index (χ4n) is 1.94. The molecular weight excluding hydrogens is 280 g/mol. The minimum absolute atomic E-state index is 0.136. The smallest absolute Gasteiger partial charge is 0.387 e. The summed E-state index contributed by atoms with van der Waals surface area (Å²) in [6, 6.07) is 7.01. The quantitative estimate of drug-likeness (QED) is 0.644. The van der Waals surface area contributed by atoms with Gasteiger partial charge in [0.2, 0.25) is 0 Å². The number of rotatable bonds is 10. The highest BCUT2D eigenvalue weighted by Gasteiger charge is 2.08. The van der Waals surface area contributed by atoms with E-state index in [9.17, 15) is 8.78 Å². The van der Waals surface area contributed by atoms with Gasteiger partial charge in [-0.3, -0.25) is 0 Å². The Bertz CT molecular complexity index is 377. The summed E-state index contributed by atoms with van der Waals surface area (Å²) in [4.78, 5) is 0. The van der Waals surface area contributed by atoms with Gasteiger partial charge < -0.3 is 10.1 Å². The van der Waals surface area contributed by atoms with Gasteiger partial charge in [-0.05, 0) is 56.0 Å². The van der Waals surface area contributed by atoms with Crippen LogP contribution in [0.1, 0.15) is 37.8 Å². The third kappa shape index (κ3) is 7.10. The summed E-state index contributed by atoms with van der Waals surface area (Å²) >= 11 is 1.87. The van der Waals surface area contributed by atoms with Gasteiger partial charge in [0.05, 0.1) is 0 Å². The van der Waals surface area contributed by atoms with Crippen LogP contribution in [0.25, 0.3) is 0 Å².